The first kappa shape index (κ1) is 18.7. The minimum absolute atomic E-state index is 0.463. The molecule has 2 heterocycles. The largest absolute Gasteiger partial charge is 0.477 e. The minimum atomic E-state index is 0.463. The Balaban J connectivity index is 1.31. The summed E-state index contributed by atoms with van der Waals surface area (Å²) in [5.74, 6) is 2.33. The maximum Gasteiger partial charge on any atom is 0.224 e. The number of hydrogen-bond acceptors (Lipinski definition) is 4. The number of nitrogens with zero attached hydrogens (tertiary/aromatic N) is 3. The summed E-state index contributed by atoms with van der Waals surface area (Å²) in [5.41, 5.74) is 5.58. The van der Waals surface area contributed by atoms with Gasteiger partial charge in [-0.3, -0.25) is 4.98 Å². The van der Waals surface area contributed by atoms with Crippen LogP contribution in [0.2, 0.25) is 0 Å². The molecule has 0 amide bonds. The third-order valence-electron chi connectivity index (χ3n) is 5.90. The average Bonchev–Trinajstić information content (AvgIpc) is 3.57. The Bertz CT molecular complexity index is 1190. The lowest BCUT2D eigenvalue weighted by Crippen LogP contribution is -2.05. The van der Waals surface area contributed by atoms with E-state index in [0.29, 0.717) is 24.3 Å². The molecule has 5 rings (SSSR count). The summed E-state index contributed by atoms with van der Waals surface area (Å²) in [6.07, 6.45) is 4.00. The predicted octanol–water partition coefficient (Wildman–Crippen LogP) is 5.75. The predicted molar refractivity (Wildman–Crippen MR) is 120 cm³/mol. The molecular weight excluding hydrogens is 370 g/mol. The molecule has 1 saturated carbocycles. The molecule has 1 aliphatic carbocycles. The van der Waals surface area contributed by atoms with Crippen LogP contribution in [0.3, 0.4) is 0 Å². The van der Waals surface area contributed by atoms with Gasteiger partial charge in [-0.2, -0.15) is 4.98 Å². The van der Waals surface area contributed by atoms with Crippen LogP contribution in [0, 0.1) is 12.8 Å². The van der Waals surface area contributed by atoms with Crippen LogP contribution in [0.15, 0.2) is 66.9 Å². The van der Waals surface area contributed by atoms with Crippen LogP contribution in [-0.4, -0.2) is 21.6 Å². The van der Waals surface area contributed by atoms with E-state index >= 15 is 0 Å². The maximum absolute atomic E-state index is 6.21. The van der Waals surface area contributed by atoms with Crippen LogP contribution >= 0.6 is 0 Å². The van der Waals surface area contributed by atoms with Crippen LogP contribution in [-0.2, 0) is 6.42 Å². The Morgan fingerprint density at radius 3 is 2.63 bits per heavy atom. The van der Waals surface area contributed by atoms with Gasteiger partial charge < -0.3 is 4.74 Å². The highest BCUT2D eigenvalue weighted by molar-refractivity contribution is 5.78. The van der Waals surface area contributed by atoms with Crippen molar-refractivity contribution in [3.8, 4) is 17.0 Å². The van der Waals surface area contributed by atoms with Crippen LogP contribution in [0.5, 0.6) is 5.88 Å². The molecule has 150 valence electrons. The smallest absolute Gasteiger partial charge is 0.224 e. The van der Waals surface area contributed by atoms with Gasteiger partial charge in [-0.1, -0.05) is 55.5 Å². The Morgan fingerprint density at radius 1 is 0.967 bits per heavy atom. The van der Waals surface area contributed by atoms with E-state index in [1.54, 1.807) is 0 Å². The highest BCUT2D eigenvalue weighted by atomic mass is 16.5. The molecule has 4 heteroatoms. The van der Waals surface area contributed by atoms with Gasteiger partial charge in [-0.15, -0.1) is 0 Å². The minimum Gasteiger partial charge on any atom is -0.477 e. The van der Waals surface area contributed by atoms with Crippen molar-refractivity contribution in [2.75, 3.05) is 6.61 Å². The zero-order chi connectivity index (χ0) is 20.5. The second-order valence-electron chi connectivity index (χ2n) is 8.03. The summed E-state index contributed by atoms with van der Waals surface area (Å²) in [6.45, 7) is 4.71. The summed E-state index contributed by atoms with van der Waals surface area (Å²) < 4.78 is 6.21. The van der Waals surface area contributed by atoms with E-state index in [1.165, 1.54) is 10.9 Å². The van der Waals surface area contributed by atoms with Gasteiger partial charge in [0.1, 0.15) is 5.82 Å². The first-order chi connectivity index (χ1) is 14.7. The number of aromatic nitrogens is 3. The number of pyridine rings is 1. The highest BCUT2D eigenvalue weighted by Crippen LogP contribution is 2.47. The molecule has 1 fully saturated rings. The molecule has 2 atom stereocenters. The molecule has 4 aromatic rings. The van der Waals surface area contributed by atoms with Crippen molar-refractivity contribution in [2.24, 2.45) is 5.92 Å². The fourth-order valence-electron chi connectivity index (χ4n) is 3.95. The van der Waals surface area contributed by atoms with E-state index in [4.69, 9.17) is 9.72 Å². The third-order valence-corrected chi connectivity index (χ3v) is 5.90. The molecular formula is C26H25N3O. The van der Waals surface area contributed by atoms with Crippen molar-refractivity contribution in [3.05, 3.63) is 83.9 Å². The van der Waals surface area contributed by atoms with Crippen LogP contribution in [0.1, 0.15) is 36.3 Å². The molecule has 0 aliphatic heterocycles. The highest BCUT2D eigenvalue weighted by Gasteiger charge is 2.40. The lowest BCUT2D eigenvalue weighted by Gasteiger charge is -2.11. The number of ether oxygens (including phenoxy) is 1. The van der Waals surface area contributed by atoms with Gasteiger partial charge >= 0.3 is 0 Å². The Kier molecular flexibility index (Phi) is 4.91. The molecule has 2 aromatic carbocycles. The molecule has 2 unspecified atom stereocenters. The fraction of sp³-hybridized carbons (Fsp3) is 0.269. The summed E-state index contributed by atoms with van der Waals surface area (Å²) in [7, 11) is 0. The van der Waals surface area contributed by atoms with Gasteiger partial charge in [0.25, 0.3) is 0 Å². The summed E-state index contributed by atoms with van der Waals surface area (Å²) in [4.78, 5) is 13.8. The first-order valence-corrected chi connectivity index (χ1v) is 10.6. The Labute approximate surface area is 177 Å². The second kappa shape index (κ2) is 7.86. The molecule has 4 nitrogen and oxygen atoms in total. The standard InChI is InChI=1S/C26H25N3O/c1-3-18-8-10-19(11-9-18)23-15-27-17(2)28-26(23)30-16-21-14-22(21)25-13-12-20-6-4-5-7-24(20)29-25/h4-13,15,21-22H,3,14,16H2,1-2H3. The number of benzene rings is 2. The van der Waals surface area contributed by atoms with Gasteiger partial charge in [0.15, 0.2) is 0 Å². The van der Waals surface area contributed by atoms with E-state index in [1.807, 2.05) is 19.2 Å². The summed E-state index contributed by atoms with van der Waals surface area (Å²) in [6, 6.07) is 21.1. The van der Waals surface area contributed by atoms with Crippen LogP contribution < -0.4 is 4.74 Å². The van der Waals surface area contributed by atoms with E-state index in [9.17, 15) is 0 Å². The molecule has 0 spiro atoms. The summed E-state index contributed by atoms with van der Waals surface area (Å²) >= 11 is 0. The number of hydrogen-bond donors (Lipinski definition) is 0. The van der Waals surface area contributed by atoms with Gasteiger partial charge in [0, 0.05) is 29.1 Å². The van der Waals surface area contributed by atoms with Gasteiger partial charge in [-0.05, 0) is 43.0 Å². The zero-order valence-corrected chi connectivity index (χ0v) is 17.4. The van der Waals surface area contributed by atoms with E-state index in [2.05, 4.69) is 71.5 Å². The van der Waals surface area contributed by atoms with Crippen molar-refractivity contribution in [2.45, 2.75) is 32.6 Å². The topological polar surface area (TPSA) is 47.9 Å². The summed E-state index contributed by atoms with van der Waals surface area (Å²) in [5, 5.41) is 1.19. The molecule has 0 radical (unpaired) electrons. The second-order valence-corrected chi connectivity index (χ2v) is 8.03. The van der Waals surface area contributed by atoms with E-state index in [-0.39, 0.29) is 0 Å². The first-order valence-electron chi connectivity index (χ1n) is 10.6. The molecule has 0 saturated heterocycles. The van der Waals surface area contributed by atoms with E-state index in [0.717, 1.165) is 41.0 Å². The molecule has 0 bridgehead atoms. The lowest BCUT2D eigenvalue weighted by molar-refractivity contribution is 0.285. The van der Waals surface area contributed by atoms with Crippen molar-refractivity contribution in [1.82, 2.24) is 15.0 Å². The van der Waals surface area contributed by atoms with Crippen LogP contribution in [0.4, 0.5) is 0 Å². The monoisotopic (exact) mass is 395 g/mol. The normalized spacial score (nSPS) is 17.8. The molecule has 2 aromatic heterocycles. The Hall–Kier alpha value is -3.27. The number of aryl methyl sites for hydroxylation is 2. The number of para-hydroxylation sites is 1. The SMILES string of the molecule is CCc1ccc(-c2cnc(C)nc2OCC2CC2c2ccc3ccccc3n2)cc1. The average molecular weight is 396 g/mol. The van der Waals surface area contributed by atoms with Crippen LogP contribution in [0.25, 0.3) is 22.0 Å². The Morgan fingerprint density at radius 2 is 1.80 bits per heavy atom. The number of rotatable bonds is 6. The van der Waals surface area contributed by atoms with Gasteiger partial charge in [-0.25, -0.2) is 4.98 Å². The van der Waals surface area contributed by atoms with Gasteiger partial charge in [0.05, 0.1) is 17.7 Å². The van der Waals surface area contributed by atoms with Crippen molar-refractivity contribution < 1.29 is 4.74 Å². The molecule has 0 N–H and O–H groups in total. The third kappa shape index (κ3) is 3.78. The lowest BCUT2D eigenvalue weighted by atomic mass is 10.1. The fourth-order valence-corrected chi connectivity index (χ4v) is 3.95. The van der Waals surface area contributed by atoms with Gasteiger partial charge in [0.2, 0.25) is 5.88 Å². The van der Waals surface area contributed by atoms with E-state index < -0.39 is 0 Å². The quantitative estimate of drug-likeness (QED) is 0.417. The number of fused-ring (bicyclic) bond motifs is 1. The molecule has 30 heavy (non-hydrogen) atoms. The zero-order valence-electron chi connectivity index (χ0n) is 17.4. The van der Waals surface area contributed by atoms with Crippen molar-refractivity contribution in [1.29, 1.82) is 0 Å². The maximum atomic E-state index is 6.21. The van der Waals surface area contributed by atoms with Crippen molar-refractivity contribution >= 4 is 10.9 Å². The molecule has 1 aliphatic rings. The van der Waals surface area contributed by atoms with Crippen molar-refractivity contribution in [3.63, 3.8) is 0 Å².